The molecule has 1 atom stereocenters. The first kappa shape index (κ1) is 20.1. The summed E-state index contributed by atoms with van der Waals surface area (Å²) in [5, 5.41) is 7.69. The van der Waals surface area contributed by atoms with Crippen LogP contribution in [0.25, 0.3) is 28.5 Å². The highest BCUT2D eigenvalue weighted by Crippen LogP contribution is 2.31. The summed E-state index contributed by atoms with van der Waals surface area (Å²) in [6, 6.07) is 11.9. The second kappa shape index (κ2) is 8.72. The van der Waals surface area contributed by atoms with Crippen LogP contribution in [0.1, 0.15) is 6.42 Å². The molecule has 1 saturated heterocycles. The monoisotopic (exact) mass is 432 g/mol. The zero-order chi connectivity index (χ0) is 21.9. The third kappa shape index (κ3) is 4.02. The molecule has 1 aromatic carbocycles. The Morgan fingerprint density at radius 2 is 2.03 bits per heavy atom. The van der Waals surface area contributed by atoms with Crippen molar-refractivity contribution in [2.75, 3.05) is 20.2 Å². The minimum atomic E-state index is -0.448. The molecule has 0 saturated carbocycles. The number of aromatic nitrogens is 5. The predicted molar refractivity (Wildman–Crippen MR) is 116 cm³/mol. The van der Waals surface area contributed by atoms with Crippen LogP contribution in [0.4, 0.5) is 4.39 Å². The summed E-state index contributed by atoms with van der Waals surface area (Å²) in [4.78, 5) is 13.3. The molecule has 1 aliphatic rings. The summed E-state index contributed by atoms with van der Waals surface area (Å²) in [5.41, 5.74) is 1.57. The van der Waals surface area contributed by atoms with Crippen LogP contribution in [-0.4, -0.2) is 51.0 Å². The van der Waals surface area contributed by atoms with Gasteiger partial charge in [0.2, 0.25) is 5.88 Å². The van der Waals surface area contributed by atoms with E-state index in [9.17, 15) is 4.39 Å². The summed E-state index contributed by atoms with van der Waals surface area (Å²) in [6.45, 7) is 1.77. The van der Waals surface area contributed by atoms with Gasteiger partial charge in [-0.25, -0.2) is 19.0 Å². The number of methoxy groups -OCH3 is 1. The normalized spacial score (nSPS) is 15.6. The van der Waals surface area contributed by atoms with Gasteiger partial charge in [-0.15, -0.1) is 0 Å². The van der Waals surface area contributed by atoms with Crippen molar-refractivity contribution in [3.05, 3.63) is 66.9 Å². The number of benzene rings is 1. The third-order valence-electron chi connectivity index (χ3n) is 5.20. The molecule has 9 heteroatoms. The number of hydrogen-bond acceptors (Lipinski definition) is 7. The highest BCUT2D eigenvalue weighted by atomic mass is 19.1. The Morgan fingerprint density at radius 3 is 2.88 bits per heavy atom. The van der Waals surface area contributed by atoms with Gasteiger partial charge in [0, 0.05) is 30.6 Å². The van der Waals surface area contributed by atoms with Crippen LogP contribution in [0, 0.1) is 5.82 Å². The van der Waals surface area contributed by atoms with E-state index in [0.717, 1.165) is 25.1 Å². The molecule has 1 N–H and O–H groups in total. The van der Waals surface area contributed by atoms with Gasteiger partial charge in [-0.05, 0) is 37.2 Å². The molecule has 4 aromatic rings. The Kier molecular flexibility index (Phi) is 5.47. The standard InChI is InChI=1S/C23H21FN6O2/c1-31-19-5-2-4-17(24)22(19)23-26-11-9-18(28-23)15-12-27-30(14-15)20-6-3-7-21(29-20)32-16-8-10-25-13-16/h2-7,9,11-12,14,16,25H,8,10,13H2,1H3/t16-/m0/s1. The maximum absolute atomic E-state index is 14.5. The van der Waals surface area contributed by atoms with E-state index in [4.69, 9.17) is 9.47 Å². The minimum Gasteiger partial charge on any atom is -0.496 e. The van der Waals surface area contributed by atoms with Crippen LogP contribution < -0.4 is 14.8 Å². The molecule has 0 bridgehead atoms. The first-order valence-corrected chi connectivity index (χ1v) is 10.3. The van der Waals surface area contributed by atoms with Crippen LogP contribution in [0.15, 0.2) is 61.1 Å². The van der Waals surface area contributed by atoms with Crippen molar-refractivity contribution >= 4 is 0 Å². The highest BCUT2D eigenvalue weighted by molar-refractivity contribution is 5.68. The fourth-order valence-electron chi connectivity index (χ4n) is 3.61. The third-order valence-corrected chi connectivity index (χ3v) is 5.20. The Bertz CT molecular complexity index is 1240. The second-order valence-electron chi connectivity index (χ2n) is 7.32. The molecular formula is C23H21FN6O2. The van der Waals surface area contributed by atoms with Gasteiger partial charge >= 0.3 is 0 Å². The number of nitrogens with one attached hydrogen (secondary N) is 1. The summed E-state index contributed by atoms with van der Waals surface area (Å²) >= 11 is 0. The molecule has 0 amide bonds. The zero-order valence-electron chi connectivity index (χ0n) is 17.4. The maximum Gasteiger partial charge on any atom is 0.215 e. The first-order valence-electron chi connectivity index (χ1n) is 10.3. The van der Waals surface area contributed by atoms with Crippen molar-refractivity contribution in [1.82, 2.24) is 30.0 Å². The van der Waals surface area contributed by atoms with Gasteiger partial charge in [0.25, 0.3) is 0 Å². The summed E-state index contributed by atoms with van der Waals surface area (Å²) in [7, 11) is 1.49. The molecule has 0 radical (unpaired) electrons. The van der Waals surface area contributed by atoms with E-state index < -0.39 is 5.82 Å². The molecule has 5 rings (SSSR count). The number of nitrogens with zero attached hydrogens (tertiary/aromatic N) is 5. The average Bonchev–Trinajstić information content (AvgIpc) is 3.52. The predicted octanol–water partition coefficient (Wildman–Crippen LogP) is 3.28. The van der Waals surface area contributed by atoms with E-state index in [0.29, 0.717) is 23.1 Å². The van der Waals surface area contributed by atoms with E-state index in [1.807, 2.05) is 24.4 Å². The lowest BCUT2D eigenvalue weighted by molar-refractivity contribution is 0.214. The highest BCUT2D eigenvalue weighted by Gasteiger charge is 2.18. The summed E-state index contributed by atoms with van der Waals surface area (Å²) in [6.07, 6.45) is 6.17. The molecule has 8 nitrogen and oxygen atoms in total. The van der Waals surface area contributed by atoms with Gasteiger partial charge in [0.1, 0.15) is 17.7 Å². The van der Waals surface area contributed by atoms with E-state index in [1.165, 1.54) is 13.2 Å². The van der Waals surface area contributed by atoms with E-state index in [1.54, 1.807) is 35.3 Å². The fourth-order valence-corrected chi connectivity index (χ4v) is 3.61. The van der Waals surface area contributed by atoms with Crippen LogP contribution in [0.5, 0.6) is 11.6 Å². The van der Waals surface area contributed by atoms with Crippen LogP contribution in [-0.2, 0) is 0 Å². The molecular weight excluding hydrogens is 411 g/mol. The van der Waals surface area contributed by atoms with E-state index in [2.05, 4.69) is 25.4 Å². The maximum atomic E-state index is 14.5. The number of rotatable bonds is 6. The Labute approximate surface area is 184 Å². The number of pyridine rings is 1. The smallest absolute Gasteiger partial charge is 0.215 e. The molecule has 3 aromatic heterocycles. The first-order chi connectivity index (χ1) is 15.7. The zero-order valence-corrected chi connectivity index (χ0v) is 17.4. The van der Waals surface area contributed by atoms with Gasteiger partial charge in [-0.3, -0.25) is 0 Å². The Morgan fingerprint density at radius 1 is 1.12 bits per heavy atom. The minimum absolute atomic E-state index is 0.126. The fraction of sp³-hybridized carbons (Fsp3) is 0.217. The van der Waals surface area contributed by atoms with E-state index >= 15 is 0 Å². The van der Waals surface area contributed by atoms with Crippen LogP contribution in [0.3, 0.4) is 0 Å². The largest absolute Gasteiger partial charge is 0.496 e. The SMILES string of the molecule is COc1cccc(F)c1-c1nccc(-c2cnn(-c3cccc(O[C@H]4CCNC4)n3)c2)n1. The molecule has 32 heavy (non-hydrogen) atoms. The number of hydrogen-bond donors (Lipinski definition) is 1. The van der Waals surface area contributed by atoms with Gasteiger partial charge < -0.3 is 14.8 Å². The second-order valence-corrected chi connectivity index (χ2v) is 7.32. The number of halogens is 1. The van der Waals surface area contributed by atoms with Gasteiger partial charge in [-0.2, -0.15) is 10.1 Å². The van der Waals surface area contributed by atoms with Crippen LogP contribution >= 0.6 is 0 Å². The summed E-state index contributed by atoms with van der Waals surface area (Å²) < 4.78 is 27.3. The summed E-state index contributed by atoms with van der Waals surface area (Å²) in [5.74, 6) is 1.35. The van der Waals surface area contributed by atoms with Gasteiger partial charge in [0.05, 0.1) is 24.6 Å². The van der Waals surface area contributed by atoms with Crippen molar-refractivity contribution in [3.8, 4) is 40.1 Å². The van der Waals surface area contributed by atoms with Crippen LogP contribution in [0.2, 0.25) is 0 Å². The molecule has 4 heterocycles. The lowest BCUT2D eigenvalue weighted by Crippen LogP contribution is -2.20. The van der Waals surface area contributed by atoms with Crippen molar-refractivity contribution in [2.45, 2.75) is 12.5 Å². The van der Waals surface area contributed by atoms with Crippen molar-refractivity contribution in [3.63, 3.8) is 0 Å². The Balaban J connectivity index is 1.43. The van der Waals surface area contributed by atoms with Gasteiger partial charge in [-0.1, -0.05) is 12.1 Å². The molecule has 162 valence electrons. The Hall–Kier alpha value is -3.85. The molecule has 0 unspecified atom stereocenters. The molecule has 1 aliphatic heterocycles. The quantitative estimate of drug-likeness (QED) is 0.500. The molecule has 1 fully saturated rings. The average molecular weight is 432 g/mol. The number of ether oxygens (including phenoxy) is 2. The van der Waals surface area contributed by atoms with E-state index in [-0.39, 0.29) is 17.5 Å². The molecule has 0 aliphatic carbocycles. The topological polar surface area (TPSA) is 87.0 Å². The molecule has 0 spiro atoms. The van der Waals surface area contributed by atoms with Crippen molar-refractivity contribution < 1.29 is 13.9 Å². The lowest BCUT2D eigenvalue weighted by Gasteiger charge is -2.12. The van der Waals surface area contributed by atoms with Crippen molar-refractivity contribution in [1.29, 1.82) is 0 Å². The van der Waals surface area contributed by atoms with Crippen molar-refractivity contribution in [2.24, 2.45) is 0 Å². The van der Waals surface area contributed by atoms with Gasteiger partial charge in [0.15, 0.2) is 11.6 Å². The lowest BCUT2D eigenvalue weighted by atomic mass is 10.1.